The lowest BCUT2D eigenvalue weighted by atomic mass is 10.1. The van der Waals surface area contributed by atoms with E-state index in [0.717, 1.165) is 135 Å². The van der Waals surface area contributed by atoms with Crippen LogP contribution in [0.4, 0.5) is 0 Å². The fourth-order valence-electron chi connectivity index (χ4n) is 6.56. The maximum atomic E-state index is 12.8. The van der Waals surface area contributed by atoms with Gasteiger partial charge in [0.25, 0.3) is 0 Å². The highest BCUT2D eigenvalue weighted by molar-refractivity contribution is 5.71. The Balaban J connectivity index is 4.48. The minimum atomic E-state index is -0.801. The largest absolute Gasteiger partial charge is 0.462 e. The first-order valence-electron chi connectivity index (χ1n) is 25.1. The van der Waals surface area contributed by atoms with E-state index in [1.807, 2.05) is 0 Å². The zero-order chi connectivity index (χ0) is 44.4. The molecule has 0 radical (unpaired) electrons. The van der Waals surface area contributed by atoms with E-state index in [2.05, 4.69) is 106 Å². The van der Waals surface area contributed by atoms with Gasteiger partial charge in [-0.2, -0.15) is 0 Å². The summed E-state index contributed by atoms with van der Waals surface area (Å²) < 4.78 is 16.7. The molecule has 0 aromatic heterocycles. The molecule has 61 heavy (non-hydrogen) atoms. The number of allylic oxidation sites excluding steroid dienone is 14. The third-order valence-corrected chi connectivity index (χ3v) is 10.4. The smallest absolute Gasteiger partial charge is 0.306 e. The van der Waals surface area contributed by atoms with Crippen LogP contribution in [0.1, 0.15) is 226 Å². The summed E-state index contributed by atoms with van der Waals surface area (Å²) in [4.78, 5) is 37.9. The zero-order valence-corrected chi connectivity index (χ0v) is 39.7. The molecule has 0 fully saturated rings. The van der Waals surface area contributed by atoms with Crippen molar-refractivity contribution in [1.82, 2.24) is 0 Å². The lowest BCUT2D eigenvalue weighted by molar-refractivity contribution is -0.167. The number of hydrogen-bond acceptors (Lipinski definition) is 6. The van der Waals surface area contributed by atoms with Crippen LogP contribution in [0.2, 0.25) is 0 Å². The van der Waals surface area contributed by atoms with Gasteiger partial charge in [0, 0.05) is 19.3 Å². The first-order chi connectivity index (χ1) is 30.0. The van der Waals surface area contributed by atoms with E-state index in [0.29, 0.717) is 19.3 Å². The molecule has 0 saturated heterocycles. The van der Waals surface area contributed by atoms with Crippen molar-refractivity contribution in [3.05, 3.63) is 85.1 Å². The number of hydrogen-bond donors (Lipinski definition) is 0. The van der Waals surface area contributed by atoms with Crippen LogP contribution >= 0.6 is 0 Å². The van der Waals surface area contributed by atoms with Gasteiger partial charge in [0.1, 0.15) is 13.2 Å². The van der Waals surface area contributed by atoms with Crippen molar-refractivity contribution in [1.29, 1.82) is 0 Å². The number of carbonyl (C=O) groups is 3. The average molecular weight is 849 g/mol. The molecule has 348 valence electrons. The topological polar surface area (TPSA) is 78.9 Å². The second-order valence-corrected chi connectivity index (χ2v) is 16.3. The van der Waals surface area contributed by atoms with Gasteiger partial charge in [-0.1, -0.05) is 183 Å². The molecule has 0 aliphatic carbocycles. The van der Waals surface area contributed by atoms with Gasteiger partial charge < -0.3 is 14.2 Å². The van der Waals surface area contributed by atoms with Crippen LogP contribution in [0.25, 0.3) is 0 Å². The van der Waals surface area contributed by atoms with Crippen molar-refractivity contribution >= 4 is 17.9 Å². The lowest BCUT2D eigenvalue weighted by Gasteiger charge is -2.18. The van der Waals surface area contributed by atoms with E-state index in [9.17, 15) is 14.4 Å². The fraction of sp³-hybridized carbons (Fsp3) is 0.691. The van der Waals surface area contributed by atoms with Crippen molar-refractivity contribution in [3.63, 3.8) is 0 Å². The van der Waals surface area contributed by atoms with Gasteiger partial charge in [-0.15, -0.1) is 0 Å². The van der Waals surface area contributed by atoms with Crippen LogP contribution in [0, 0.1) is 0 Å². The molecule has 0 heterocycles. The summed E-state index contributed by atoms with van der Waals surface area (Å²) in [7, 11) is 0. The Labute approximate surface area is 375 Å². The minimum absolute atomic E-state index is 0.1000. The molecule has 0 N–H and O–H groups in total. The third kappa shape index (κ3) is 47.5. The zero-order valence-electron chi connectivity index (χ0n) is 39.7. The second kappa shape index (κ2) is 49.2. The van der Waals surface area contributed by atoms with Crippen LogP contribution < -0.4 is 0 Å². The Kier molecular flexibility index (Phi) is 46.5. The van der Waals surface area contributed by atoms with Crippen molar-refractivity contribution < 1.29 is 28.6 Å². The molecule has 1 unspecified atom stereocenters. The van der Waals surface area contributed by atoms with E-state index in [1.165, 1.54) is 51.4 Å². The predicted molar refractivity (Wildman–Crippen MR) is 261 cm³/mol. The SMILES string of the molecule is CC/C=C\C/C=C\C/C=C\CCCCCC(=O)OCC(COC(=O)CCCCCCC/C=C\C/C=C\CCCCCC)OC(=O)CCCCCCC/C=C\C/C=C\CCCC. The summed E-state index contributed by atoms with van der Waals surface area (Å²) in [6.07, 6.45) is 62.7. The van der Waals surface area contributed by atoms with E-state index in [-0.39, 0.29) is 31.1 Å². The molecule has 0 aliphatic heterocycles. The molecule has 6 heteroatoms. The Bertz CT molecular complexity index is 1200. The second-order valence-electron chi connectivity index (χ2n) is 16.3. The van der Waals surface area contributed by atoms with Gasteiger partial charge in [0.2, 0.25) is 0 Å². The Morgan fingerprint density at radius 3 is 1.07 bits per heavy atom. The molecule has 0 aromatic rings. The Morgan fingerprint density at radius 2 is 0.656 bits per heavy atom. The van der Waals surface area contributed by atoms with E-state index >= 15 is 0 Å². The van der Waals surface area contributed by atoms with Crippen LogP contribution in [-0.4, -0.2) is 37.2 Å². The average Bonchev–Trinajstić information content (AvgIpc) is 3.26. The molecule has 6 nitrogen and oxygen atoms in total. The number of ether oxygens (including phenoxy) is 3. The highest BCUT2D eigenvalue weighted by Gasteiger charge is 2.19. The summed E-state index contributed by atoms with van der Waals surface area (Å²) in [5, 5.41) is 0. The molecule has 0 rings (SSSR count). The molecule has 0 saturated carbocycles. The van der Waals surface area contributed by atoms with Gasteiger partial charge in [-0.3, -0.25) is 14.4 Å². The van der Waals surface area contributed by atoms with Gasteiger partial charge in [0.15, 0.2) is 6.10 Å². The standard InChI is InChI=1S/C55H92O6/c1-4-7-10-13-16-19-22-25-27-28-31-33-36-39-42-45-48-54(57)60-51-52(50-59-53(56)47-44-41-38-35-32-29-24-21-18-15-12-9-6-3)61-55(58)49-46-43-40-37-34-30-26-23-20-17-14-11-8-5-2/h9,12,14,17-19,21-23,26-29,32,52H,4-8,10-11,13,15-16,20,24-25,30-31,33-51H2,1-3H3/b12-9-,17-14-,21-18-,22-19-,26-23-,28-27-,32-29-. The molecule has 0 aromatic carbocycles. The third-order valence-electron chi connectivity index (χ3n) is 10.4. The quantitative estimate of drug-likeness (QED) is 0.0263. The summed E-state index contributed by atoms with van der Waals surface area (Å²) in [5.74, 6) is -0.960. The van der Waals surface area contributed by atoms with E-state index in [1.54, 1.807) is 0 Å². The Morgan fingerprint density at radius 1 is 0.344 bits per heavy atom. The fourth-order valence-corrected chi connectivity index (χ4v) is 6.56. The molecule has 0 bridgehead atoms. The van der Waals surface area contributed by atoms with Gasteiger partial charge in [0.05, 0.1) is 0 Å². The lowest BCUT2D eigenvalue weighted by Crippen LogP contribution is -2.30. The maximum Gasteiger partial charge on any atom is 0.306 e. The van der Waals surface area contributed by atoms with Crippen molar-refractivity contribution in [2.75, 3.05) is 13.2 Å². The minimum Gasteiger partial charge on any atom is -0.462 e. The van der Waals surface area contributed by atoms with Crippen LogP contribution in [0.3, 0.4) is 0 Å². The first kappa shape index (κ1) is 57.6. The highest BCUT2D eigenvalue weighted by Crippen LogP contribution is 2.13. The molecule has 0 amide bonds. The van der Waals surface area contributed by atoms with Gasteiger partial charge in [-0.05, 0) is 109 Å². The van der Waals surface area contributed by atoms with Crippen molar-refractivity contribution in [2.24, 2.45) is 0 Å². The summed E-state index contributed by atoms with van der Waals surface area (Å²) in [6.45, 7) is 6.40. The summed E-state index contributed by atoms with van der Waals surface area (Å²) >= 11 is 0. The number of unbranched alkanes of at least 4 members (excludes halogenated alkanes) is 19. The van der Waals surface area contributed by atoms with Gasteiger partial charge in [-0.25, -0.2) is 0 Å². The predicted octanol–water partition coefficient (Wildman–Crippen LogP) is 16.4. The maximum absolute atomic E-state index is 12.8. The monoisotopic (exact) mass is 849 g/mol. The molecular formula is C55H92O6. The van der Waals surface area contributed by atoms with Crippen molar-refractivity contribution in [2.45, 2.75) is 232 Å². The van der Waals surface area contributed by atoms with Crippen LogP contribution in [0.5, 0.6) is 0 Å². The van der Waals surface area contributed by atoms with Crippen LogP contribution in [-0.2, 0) is 28.6 Å². The number of esters is 3. The van der Waals surface area contributed by atoms with E-state index < -0.39 is 6.10 Å². The van der Waals surface area contributed by atoms with Crippen LogP contribution in [0.15, 0.2) is 85.1 Å². The summed E-state index contributed by atoms with van der Waals surface area (Å²) in [5.41, 5.74) is 0. The number of rotatable bonds is 44. The first-order valence-corrected chi connectivity index (χ1v) is 25.1. The molecule has 1 atom stereocenters. The van der Waals surface area contributed by atoms with Crippen molar-refractivity contribution in [3.8, 4) is 0 Å². The normalized spacial score (nSPS) is 12.8. The summed E-state index contributed by atoms with van der Waals surface area (Å²) in [6, 6.07) is 0. The number of carbonyl (C=O) groups excluding carboxylic acids is 3. The van der Waals surface area contributed by atoms with E-state index in [4.69, 9.17) is 14.2 Å². The Hall–Kier alpha value is -3.41. The molecule has 0 aliphatic rings. The molecule has 0 spiro atoms. The molecular weight excluding hydrogens is 757 g/mol. The van der Waals surface area contributed by atoms with Gasteiger partial charge >= 0.3 is 17.9 Å². The highest BCUT2D eigenvalue weighted by atomic mass is 16.6.